The van der Waals surface area contributed by atoms with Crippen molar-refractivity contribution in [3.05, 3.63) is 0 Å². The molecule has 1 aliphatic heterocycles. The average Bonchev–Trinajstić information content (AvgIpc) is 2.39. The Bertz CT molecular complexity index is 316. The van der Waals surface area contributed by atoms with Crippen LogP contribution < -0.4 is 5.32 Å². The molecule has 0 saturated carbocycles. The maximum atomic E-state index is 11.9. The standard InChI is InChI=1S/C13H24N2O5/c1-10(9-19-2)14-13(18)15-6-3-11(4-7-15)20-8-5-12(16)17/h10-11H,3-9H2,1-2H3,(H,14,18)(H,16,17). The van der Waals surface area contributed by atoms with Crippen molar-refractivity contribution in [1.29, 1.82) is 0 Å². The van der Waals surface area contributed by atoms with Gasteiger partial charge in [0, 0.05) is 20.2 Å². The van der Waals surface area contributed by atoms with Gasteiger partial charge in [-0.15, -0.1) is 0 Å². The summed E-state index contributed by atoms with van der Waals surface area (Å²) in [6.07, 6.45) is 1.56. The highest BCUT2D eigenvalue weighted by molar-refractivity contribution is 5.74. The first-order valence-corrected chi connectivity index (χ1v) is 6.90. The monoisotopic (exact) mass is 288 g/mol. The molecule has 2 amide bonds. The lowest BCUT2D eigenvalue weighted by Gasteiger charge is -2.32. The number of nitrogens with one attached hydrogen (secondary N) is 1. The predicted octanol–water partition coefficient (Wildman–Crippen LogP) is 0.687. The van der Waals surface area contributed by atoms with Crippen LogP contribution in [0.1, 0.15) is 26.2 Å². The summed E-state index contributed by atoms with van der Waals surface area (Å²) in [6.45, 7) is 3.87. The number of aliphatic carboxylic acids is 1. The van der Waals surface area contributed by atoms with Crippen LogP contribution in [0.2, 0.25) is 0 Å². The van der Waals surface area contributed by atoms with Crippen molar-refractivity contribution >= 4 is 12.0 Å². The quantitative estimate of drug-likeness (QED) is 0.719. The van der Waals surface area contributed by atoms with Gasteiger partial charge >= 0.3 is 12.0 Å². The number of amides is 2. The Labute approximate surface area is 119 Å². The zero-order chi connectivity index (χ0) is 15.0. The first-order valence-electron chi connectivity index (χ1n) is 6.90. The maximum absolute atomic E-state index is 11.9. The molecule has 7 nitrogen and oxygen atoms in total. The van der Waals surface area contributed by atoms with Crippen LogP contribution in [-0.4, -0.2) is 67.6 Å². The minimum Gasteiger partial charge on any atom is -0.481 e. The molecule has 1 saturated heterocycles. The van der Waals surface area contributed by atoms with E-state index in [9.17, 15) is 9.59 Å². The third-order valence-corrected chi connectivity index (χ3v) is 3.19. The average molecular weight is 288 g/mol. The molecule has 1 heterocycles. The smallest absolute Gasteiger partial charge is 0.317 e. The molecule has 1 fully saturated rings. The van der Waals surface area contributed by atoms with Gasteiger partial charge in [0.25, 0.3) is 0 Å². The summed E-state index contributed by atoms with van der Waals surface area (Å²) in [6, 6.07) is -0.101. The molecule has 0 aromatic rings. The van der Waals surface area contributed by atoms with E-state index in [0.717, 1.165) is 12.8 Å². The fourth-order valence-electron chi connectivity index (χ4n) is 2.13. The van der Waals surface area contributed by atoms with E-state index in [1.165, 1.54) is 0 Å². The van der Waals surface area contributed by atoms with Crippen LogP contribution in [0.15, 0.2) is 0 Å². The van der Waals surface area contributed by atoms with Gasteiger partial charge in [-0.2, -0.15) is 0 Å². The molecule has 0 aromatic heterocycles. The van der Waals surface area contributed by atoms with Crippen LogP contribution in [0, 0.1) is 0 Å². The zero-order valence-corrected chi connectivity index (χ0v) is 12.1. The number of ether oxygens (including phenoxy) is 2. The SMILES string of the molecule is COCC(C)NC(=O)N1CCC(OCCC(=O)O)CC1. The largest absolute Gasteiger partial charge is 0.481 e. The number of rotatable bonds is 7. The van der Waals surface area contributed by atoms with Crippen molar-refractivity contribution in [2.45, 2.75) is 38.3 Å². The number of carbonyl (C=O) groups excluding carboxylic acids is 1. The number of urea groups is 1. The van der Waals surface area contributed by atoms with Crippen molar-refractivity contribution in [3.63, 3.8) is 0 Å². The summed E-state index contributed by atoms with van der Waals surface area (Å²) in [5.74, 6) is -0.853. The van der Waals surface area contributed by atoms with Crippen LogP contribution in [0.5, 0.6) is 0 Å². The molecule has 116 valence electrons. The van der Waals surface area contributed by atoms with Gasteiger partial charge in [0.2, 0.25) is 0 Å². The molecule has 0 bridgehead atoms. The Morgan fingerprint density at radius 2 is 2.05 bits per heavy atom. The Hall–Kier alpha value is -1.34. The number of carbonyl (C=O) groups is 2. The van der Waals surface area contributed by atoms with E-state index in [1.54, 1.807) is 12.0 Å². The summed E-state index contributed by atoms with van der Waals surface area (Å²) in [5.41, 5.74) is 0. The second-order valence-corrected chi connectivity index (χ2v) is 5.01. The van der Waals surface area contributed by atoms with Crippen LogP contribution in [0.3, 0.4) is 0 Å². The molecule has 0 aromatic carbocycles. The minimum absolute atomic E-state index is 0.0166. The first kappa shape index (κ1) is 16.7. The van der Waals surface area contributed by atoms with E-state index in [0.29, 0.717) is 19.7 Å². The molecule has 1 atom stereocenters. The number of hydrogen-bond acceptors (Lipinski definition) is 4. The second-order valence-electron chi connectivity index (χ2n) is 5.01. The van der Waals surface area contributed by atoms with E-state index < -0.39 is 5.97 Å². The summed E-state index contributed by atoms with van der Waals surface area (Å²) in [7, 11) is 1.60. The van der Waals surface area contributed by atoms with E-state index >= 15 is 0 Å². The zero-order valence-electron chi connectivity index (χ0n) is 12.1. The number of carboxylic acid groups (broad SMARTS) is 1. The summed E-state index contributed by atoms with van der Waals surface area (Å²) < 4.78 is 10.5. The van der Waals surface area contributed by atoms with Gasteiger partial charge in [-0.3, -0.25) is 4.79 Å². The van der Waals surface area contributed by atoms with Crippen molar-refractivity contribution in [2.24, 2.45) is 0 Å². The molecule has 7 heteroatoms. The van der Waals surface area contributed by atoms with E-state index in [4.69, 9.17) is 14.6 Å². The van der Waals surface area contributed by atoms with Gasteiger partial charge in [0.15, 0.2) is 0 Å². The van der Waals surface area contributed by atoms with Gasteiger partial charge in [0.05, 0.1) is 31.8 Å². The molecule has 0 radical (unpaired) electrons. The fourth-order valence-corrected chi connectivity index (χ4v) is 2.13. The minimum atomic E-state index is -0.853. The summed E-state index contributed by atoms with van der Waals surface area (Å²) in [4.78, 5) is 24.1. The van der Waals surface area contributed by atoms with Gasteiger partial charge in [-0.05, 0) is 19.8 Å². The first-order chi connectivity index (χ1) is 9.52. The Kier molecular flexibility index (Phi) is 7.32. The molecule has 1 aliphatic rings. The van der Waals surface area contributed by atoms with Crippen LogP contribution in [0.25, 0.3) is 0 Å². The molecular formula is C13H24N2O5. The predicted molar refractivity (Wildman–Crippen MR) is 72.7 cm³/mol. The van der Waals surface area contributed by atoms with E-state index in [1.807, 2.05) is 6.92 Å². The number of hydrogen-bond donors (Lipinski definition) is 2. The summed E-state index contributed by atoms with van der Waals surface area (Å²) >= 11 is 0. The maximum Gasteiger partial charge on any atom is 0.317 e. The molecule has 1 unspecified atom stereocenters. The number of carboxylic acids is 1. The Morgan fingerprint density at radius 1 is 1.40 bits per heavy atom. The van der Waals surface area contributed by atoms with Gasteiger partial charge < -0.3 is 24.8 Å². The number of piperidine rings is 1. The normalized spacial score (nSPS) is 17.8. The molecule has 20 heavy (non-hydrogen) atoms. The summed E-state index contributed by atoms with van der Waals surface area (Å²) in [5, 5.41) is 11.4. The number of methoxy groups -OCH3 is 1. The van der Waals surface area contributed by atoms with Crippen LogP contribution in [0.4, 0.5) is 4.79 Å². The Balaban J connectivity index is 2.20. The van der Waals surface area contributed by atoms with E-state index in [-0.39, 0.29) is 31.2 Å². The highest BCUT2D eigenvalue weighted by Crippen LogP contribution is 2.14. The van der Waals surface area contributed by atoms with Crippen molar-refractivity contribution in [1.82, 2.24) is 10.2 Å². The lowest BCUT2D eigenvalue weighted by molar-refractivity contribution is -0.138. The van der Waals surface area contributed by atoms with Crippen molar-refractivity contribution < 1.29 is 24.2 Å². The van der Waals surface area contributed by atoms with Gasteiger partial charge in [-0.25, -0.2) is 4.79 Å². The number of nitrogens with zero attached hydrogens (tertiary/aromatic N) is 1. The molecule has 1 rings (SSSR count). The third kappa shape index (κ3) is 6.21. The highest BCUT2D eigenvalue weighted by Gasteiger charge is 2.23. The molecule has 0 aliphatic carbocycles. The number of likely N-dealkylation sites (tertiary alicyclic amines) is 1. The second kappa shape index (κ2) is 8.76. The molecule has 2 N–H and O–H groups in total. The lowest BCUT2D eigenvalue weighted by atomic mass is 10.1. The lowest BCUT2D eigenvalue weighted by Crippen LogP contribution is -2.49. The third-order valence-electron chi connectivity index (χ3n) is 3.19. The van der Waals surface area contributed by atoms with Crippen LogP contribution in [-0.2, 0) is 14.3 Å². The Morgan fingerprint density at radius 3 is 2.60 bits per heavy atom. The topological polar surface area (TPSA) is 88.1 Å². The van der Waals surface area contributed by atoms with Gasteiger partial charge in [-0.1, -0.05) is 0 Å². The van der Waals surface area contributed by atoms with E-state index in [2.05, 4.69) is 5.32 Å². The molecule has 0 spiro atoms. The van der Waals surface area contributed by atoms with Crippen molar-refractivity contribution in [2.75, 3.05) is 33.4 Å². The molecular weight excluding hydrogens is 264 g/mol. The highest BCUT2D eigenvalue weighted by atomic mass is 16.5. The van der Waals surface area contributed by atoms with Gasteiger partial charge in [0.1, 0.15) is 0 Å². The fraction of sp³-hybridized carbons (Fsp3) is 0.846. The van der Waals surface area contributed by atoms with Crippen LogP contribution >= 0.6 is 0 Å². The van der Waals surface area contributed by atoms with Crippen molar-refractivity contribution in [3.8, 4) is 0 Å².